The third-order valence-electron chi connectivity index (χ3n) is 4.31. The molecule has 3 aromatic rings. The lowest BCUT2D eigenvalue weighted by Crippen LogP contribution is -2.30. The predicted octanol–water partition coefficient (Wildman–Crippen LogP) is 4.91. The van der Waals surface area contributed by atoms with E-state index in [4.69, 9.17) is 0 Å². The molecule has 0 spiro atoms. The van der Waals surface area contributed by atoms with Crippen molar-refractivity contribution in [3.8, 4) is 0 Å². The molecular formula is C23H22N2O2. The summed E-state index contributed by atoms with van der Waals surface area (Å²) in [7, 11) is 0. The van der Waals surface area contributed by atoms with E-state index in [0.29, 0.717) is 23.4 Å². The van der Waals surface area contributed by atoms with Gasteiger partial charge in [-0.1, -0.05) is 42.0 Å². The first-order valence-corrected chi connectivity index (χ1v) is 8.93. The summed E-state index contributed by atoms with van der Waals surface area (Å²) in [5, 5.41) is 2.86. The van der Waals surface area contributed by atoms with Crippen LogP contribution in [-0.2, 0) is 0 Å². The second-order valence-corrected chi connectivity index (χ2v) is 6.29. The van der Waals surface area contributed by atoms with Crippen molar-refractivity contribution in [2.24, 2.45) is 0 Å². The molecule has 1 N–H and O–H groups in total. The molecule has 0 bridgehead atoms. The Hall–Kier alpha value is -3.40. The zero-order chi connectivity index (χ0) is 19.2. The molecule has 0 saturated carbocycles. The van der Waals surface area contributed by atoms with Gasteiger partial charge in [0.2, 0.25) is 0 Å². The fraction of sp³-hybridized carbons (Fsp3) is 0.130. The van der Waals surface area contributed by atoms with Gasteiger partial charge in [0.25, 0.3) is 11.8 Å². The first-order valence-electron chi connectivity index (χ1n) is 8.93. The lowest BCUT2D eigenvalue weighted by atomic mass is 10.1. The van der Waals surface area contributed by atoms with E-state index < -0.39 is 0 Å². The van der Waals surface area contributed by atoms with Crippen molar-refractivity contribution >= 4 is 23.2 Å². The maximum atomic E-state index is 12.9. The van der Waals surface area contributed by atoms with Crippen molar-refractivity contribution in [2.45, 2.75) is 13.8 Å². The number of hydrogen-bond donors (Lipinski definition) is 1. The van der Waals surface area contributed by atoms with Crippen LogP contribution in [0.25, 0.3) is 0 Å². The maximum absolute atomic E-state index is 12.9. The number of carbonyl (C=O) groups excluding carboxylic acids is 2. The largest absolute Gasteiger partial charge is 0.322 e. The Morgan fingerprint density at radius 3 is 2.22 bits per heavy atom. The Balaban J connectivity index is 1.79. The fourth-order valence-electron chi connectivity index (χ4n) is 2.85. The van der Waals surface area contributed by atoms with Gasteiger partial charge >= 0.3 is 0 Å². The van der Waals surface area contributed by atoms with Crippen LogP contribution in [-0.4, -0.2) is 18.4 Å². The Morgan fingerprint density at radius 1 is 0.852 bits per heavy atom. The molecule has 0 fully saturated rings. The molecule has 0 heterocycles. The van der Waals surface area contributed by atoms with E-state index in [-0.39, 0.29) is 11.8 Å². The van der Waals surface area contributed by atoms with Crippen LogP contribution in [0.5, 0.6) is 0 Å². The number of para-hydroxylation sites is 1. The van der Waals surface area contributed by atoms with Gasteiger partial charge in [0.1, 0.15) is 0 Å². The number of hydrogen-bond acceptors (Lipinski definition) is 2. The summed E-state index contributed by atoms with van der Waals surface area (Å²) in [5.74, 6) is -0.301. The molecule has 0 saturated heterocycles. The van der Waals surface area contributed by atoms with E-state index in [9.17, 15) is 9.59 Å². The van der Waals surface area contributed by atoms with E-state index in [1.54, 1.807) is 41.3 Å². The van der Waals surface area contributed by atoms with Crippen molar-refractivity contribution in [3.63, 3.8) is 0 Å². The van der Waals surface area contributed by atoms with Gasteiger partial charge in [0.05, 0.1) is 0 Å². The molecule has 0 atom stereocenters. The van der Waals surface area contributed by atoms with Gasteiger partial charge in [-0.25, -0.2) is 0 Å². The Bertz CT molecular complexity index is 934. The number of rotatable bonds is 5. The normalized spacial score (nSPS) is 10.3. The summed E-state index contributed by atoms with van der Waals surface area (Å²) in [4.78, 5) is 27.1. The molecule has 27 heavy (non-hydrogen) atoms. The topological polar surface area (TPSA) is 49.4 Å². The van der Waals surface area contributed by atoms with Gasteiger partial charge in [-0.2, -0.15) is 0 Å². The summed E-state index contributed by atoms with van der Waals surface area (Å²) in [6.45, 7) is 4.47. The van der Waals surface area contributed by atoms with E-state index in [1.807, 2.05) is 56.3 Å². The molecular weight excluding hydrogens is 336 g/mol. The first-order chi connectivity index (χ1) is 13.1. The molecule has 4 heteroatoms. The summed E-state index contributed by atoms with van der Waals surface area (Å²) >= 11 is 0. The minimum absolute atomic E-state index is 0.102. The average molecular weight is 358 g/mol. The van der Waals surface area contributed by atoms with Gasteiger partial charge in [0.15, 0.2) is 0 Å². The minimum Gasteiger partial charge on any atom is -0.322 e. The molecule has 0 unspecified atom stereocenters. The van der Waals surface area contributed by atoms with Gasteiger partial charge < -0.3 is 10.2 Å². The van der Waals surface area contributed by atoms with Crippen LogP contribution >= 0.6 is 0 Å². The van der Waals surface area contributed by atoms with Crippen LogP contribution in [0.1, 0.15) is 33.2 Å². The highest BCUT2D eigenvalue weighted by atomic mass is 16.2. The van der Waals surface area contributed by atoms with Gasteiger partial charge in [-0.05, 0) is 56.3 Å². The van der Waals surface area contributed by atoms with Crippen molar-refractivity contribution in [1.82, 2.24) is 0 Å². The minimum atomic E-state index is -0.199. The monoisotopic (exact) mass is 358 g/mol. The smallest absolute Gasteiger partial charge is 0.258 e. The zero-order valence-electron chi connectivity index (χ0n) is 15.5. The van der Waals surface area contributed by atoms with Crippen LogP contribution in [0.15, 0.2) is 78.9 Å². The number of aryl methyl sites for hydroxylation is 1. The van der Waals surface area contributed by atoms with Gasteiger partial charge in [0, 0.05) is 29.0 Å². The van der Waals surface area contributed by atoms with E-state index in [1.165, 1.54) is 0 Å². The summed E-state index contributed by atoms with van der Waals surface area (Å²) in [6, 6.07) is 23.9. The highest BCUT2D eigenvalue weighted by molar-refractivity contribution is 6.08. The second kappa shape index (κ2) is 8.32. The van der Waals surface area contributed by atoms with E-state index in [0.717, 1.165) is 11.3 Å². The highest BCUT2D eigenvalue weighted by Gasteiger charge is 2.16. The maximum Gasteiger partial charge on any atom is 0.258 e. The summed E-state index contributed by atoms with van der Waals surface area (Å²) in [6.07, 6.45) is 0. The van der Waals surface area contributed by atoms with Crippen molar-refractivity contribution in [2.75, 3.05) is 16.8 Å². The van der Waals surface area contributed by atoms with Gasteiger partial charge in [-0.15, -0.1) is 0 Å². The molecule has 0 aliphatic rings. The molecule has 4 nitrogen and oxygen atoms in total. The molecule has 2 amide bonds. The zero-order valence-corrected chi connectivity index (χ0v) is 15.5. The number of amides is 2. The number of nitrogens with zero attached hydrogens (tertiary/aromatic N) is 1. The number of carbonyl (C=O) groups is 2. The lowest BCUT2D eigenvalue weighted by Gasteiger charge is -2.21. The SMILES string of the molecule is CCN(C(=O)c1cccc(NC(=O)c2ccc(C)cc2)c1)c1ccccc1. The third kappa shape index (κ3) is 4.42. The molecule has 0 aliphatic carbocycles. The quantitative estimate of drug-likeness (QED) is 0.704. The second-order valence-electron chi connectivity index (χ2n) is 6.29. The molecule has 0 aromatic heterocycles. The standard InChI is InChI=1S/C23H22N2O2/c1-3-25(21-10-5-4-6-11-21)23(27)19-8-7-9-20(16-19)24-22(26)18-14-12-17(2)13-15-18/h4-16H,3H2,1-2H3,(H,24,26). The van der Waals surface area contributed by atoms with Gasteiger partial charge in [-0.3, -0.25) is 9.59 Å². The Labute approximate surface area is 159 Å². The van der Waals surface area contributed by atoms with Crippen LogP contribution in [0, 0.1) is 6.92 Å². The average Bonchev–Trinajstić information content (AvgIpc) is 2.70. The number of anilines is 2. The summed E-state index contributed by atoms with van der Waals surface area (Å²) < 4.78 is 0. The van der Waals surface area contributed by atoms with Crippen LogP contribution in [0.3, 0.4) is 0 Å². The van der Waals surface area contributed by atoms with Crippen LogP contribution in [0.2, 0.25) is 0 Å². The van der Waals surface area contributed by atoms with Crippen molar-refractivity contribution in [3.05, 3.63) is 95.6 Å². The lowest BCUT2D eigenvalue weighted by molar-refractivity contribution is 0.0985. The third-order valence-corrected chi connectivity index (χ3v) is 4.31. The van der Waals surface area contributed by atoms with Crippen LogP contribution < -0.4 is 10.2 Å². The predicted molar refractivity (Wildman–Crippen MR) is 109 cm³/mol. The van der Waals surface area contributed by atoms with Crippen molar-refractivity contribution in [1.29, 1.82) is 0 Å². The fourth-order valence-corrected chi connectivity index (χ4v) is 2.85. The Morgan fingerprint density at radius 2 is 1.56 bits per heavy atom. The molecule has 0 aliphatic heterocycles. The van der Waals surface area contributed by atoms with E-state index in [2.05, 4.69) is 5.32 Å². The molecule has 136 valence electrons. The highest BCUT2D eigenvalue weighted by Crippen LogP contribution is 2.19. The summed E-state index contributed by atoms with van der Waals surface area (Å²) in [5.41, 5.74) is 3.65. The number of nitrogens with one attached hydrogen (secondary N) is 1. The molecule has 0 radical (unpaired) electrons. The van der Waals surface area contributed by atoms with Crippen molar-refractivity contribution < 1.29 is 9.59 Å². The van der Waals surface area contributed by atoms with E-state index >= 15 is 0 Å². The first kappa shape index (κ1) is 18.4. The molecule has 3 aromatic carbocycles. The van der Waals surface area contributed by atoms with Crippen LogP contribution in [0.4, 0.5) is 11.4 Å². The molecule has 3 rings (SSSR count). The number of benzene rings is 3. The Kier molecular flexibility index (Phi) is 5.67.